The molecule has 0 saturated carbocycles. The monoisotopic (exact) mass is 503 g/mol. The molecule has 35 heavy (non-hydrogen) atoms. The molecular weight excluding hydrogens is 465 g/mol. The Bertz CT molecular complexity index is 1060. The summed E-state index contributed by atoms with van der Waals surface area (Å²) in [6.07, 6.45) is 1.61. The summed E-state index contributed by atoms with van der Waals surface area (Å²) in [7, 11) is -1.40. The number of hydrogen-bond acceptors (Lipinski definition) is 6. The second-order valence-corrected chi connectivity index (χ2v) is 11.1. The minimum absolute atomic E-state index is 0.0874. The molecule has 0 heterocycles. The number of nitrogens with one attached hydrogen (secondary N) is 1. The van der Waals surface area contributed by atoms with Crippen LogP contribution in [0.1, 0.15) is 78.7 Å². The Morgan fingerprint density at radius 1 is 1.14 bits per heavy atom. The summed E-state index contributed by atoms with van der Waals surface area (Å²) in [5.74, 6) is -1.03. The lowest BCUT2D eigenvalue weighted by Gasteiger charge is -2.21. The lowest BCUT2D eigenvalue weighted by atomic mass is 9.92. The molecule has 0 aliphatic heterocycles. The van der Waals surface area contributed by atoms with Crippen LogP contribution in [0, 0.1) is 19.8 Å². The molecule has 0 aromatic heterocycles. The Labute approximate surface area is 209 Å². The van der Waals surface area contributed by atoms with Crippen molar-refractivity contribution in [3.63, 3.8) is 0 Å². The molecule has 0 bridgehead atoms. The highest BCUT2D eigenvalue weighted by molar-refractivity contribution is 7.25. The molecule has 2 aromatic carbocycles. The largest absolute Gasteiger partial charge is 0.507 e. The molecule has 3 unspecified atom stereocenters. The number of rotatable bonds is 11. The molecule has 1 amide bonds. The van der Waals surface area contributed by atoms with Crippen molar-refractivity contribution < 1.29 is 29.1 Å². The van der Waals surface area contributed by atoms with Crippen LogP contribution in [0.15, 0.2) is 30.3 Å². The fourth-order valence-corrected chi connectivity index (χ4v) is 4.24. The number of aryl methyl sites for hydroxylation is 2. The summed E-state index contributed by atoms with van der Waals surface area (Å²) in [6.45, 7) is 11.5. The number of aromatic hydroxyl groups is 1. The standard InChI is InChI=1S/C27H38NO6P/c1-7-10-34-26(31)23(11-16(2)3)28-25(30)22-15-19(8-9-24(22)29)14-21-17(4)12-20(13-18(21)5)27(6,32)35-33/h8-9,12-13,15-16,23,29,32H,7,10-11,14,35H2,1-6H3,(H,28,30). The number of phenolic OH excluding ortho intramolecular Hbond substituents is 1. The Morgan fingerprint density at radius 2 is 1.77 bits per heavy atom. The molecule has 8 heteroatoms. The van der Waals surface area contributed by atoms with Crippen molar-refractivity contribution in [2.24, 2.45) is 5.92 Å². The first-order valence-corrected chi connectivity index (χ1v) is 13.0. The van der Waals surface area contributed by atoms with Crippen molar-refractivity contribution in [2.75, 3.05) is 6.61 Å². The second-order valence-electron chi connectivity index (χ2n) is 9.71. The van der Waals surface area contributed by atoms with Gasteiger partial charge in [-0.25, -0.2) is 4.79 Å². The molecular formula is C27H38NO6P. The zero-order valence-corrected chi connectivity index (χ0v) is 22.6. The van der Waals surface area contributed by atoms with E-state index in [1.54, 1.807) is 19.1 Å². The first kappa shape index (κ1) is 28.6. The highest BCUT2D eigenvalue weighted by atomic mass is 31.1. The molecule has 0 radical (unpaired) electrons. The second kappa shape index (κ2) is 12.4. The van der Waals surface area contributed by atoms with E-state index in [0.717, 1.165) is 22.3 Å². The fourth-order valence-electron chi connectivity index (χ4n) is 3.94. The SMILES string of the molecule is CCCOC(=O)C(CC(C)C)NC(=O)c1cc(Cc2c(C)cc(C(C)(O)[PH2]=O)cc2C)ccc1O. The maximum absolute atomic E-state index is 13.0. The van der Waals surface area contributed by atoms with Gasteiger partial charge in [-0.05, 0) is 85.9 Å². The van der Waals surface area contributed by atoms with Crippen LogP contribution in [0.3, 0.4) is 0 Å². The van der Waals surface area contributed by atoms with Gasteiger partial charge in [0.2, 0.25) is 0 Å². The Morgan fingerprint density at radius 3 is 2.31 bits per heavy atom. The van der Waals surface area contributed by atoms with Gasteiger partial charge in [-0.2, -0.15) is 0 Å². The molecule has 3 atom stereocenters. The van der Waals surface area contributed by atoms with E-state index in [1.807, 2.05) is 46.8 Å². The van der Waals surface area contributed by atoms with E-state index in [4.69, 9.17) is 4.74 Å². The third-order valence-corrected chi connectivity index (χ3v) is 6.73. The van der Waals surface area contributed by atoms with Gasteiger partial charge in [-0.1, -0.05) is 39.0 Å². The Hall–Kier alpha value is -2.63. The number of ether oxygens (including phenoxy) is 1. The lowest BCUT2D eigenvalue weighted by molar-refractivity contribution is -0.146. The minimum atomic E-state index is -1.40. The van der Waals surface area contributed by atoms with Gasteiger partial charge >= 0.3 is 5.97 Å². The third-order valence-electron chi connectivity index (χ3n) is 5.94. The summed E-state index contributed by atoms with van der Waals surface area (Å²) in [5.41, 5.74) is 4.39. The fraction of sp³-hybridized carbons (Fsp3) is 0.481. The Kier molecular flexibility index (Phi) is 10.1. The molecule has 0 fully saturated rings. The summed E-state index contributed by atoms with van der Waals surface area (Å²) in [5, 5.41) is 22.1. The maximum atomic E-state index is 13.0. The number of carbonyl (C=O) groups excluding carboxylic acids is 2. The van der Waals surface area contributed by atoms with E-state index in [-0.39, 0.29) is 23.8 Å². The van der Waals surface area contributed by atoms with E-state index < -0.39 is 31.7 Å². The van der Waals surface area contributed by atoms with Crippen molar-refractivity contribution >= 4 is 20.3 Å². The zero-order valence-electron chi connectivity index (χ0n) is 21.5. The molecule has 3 N–H and O–H groups in total. The molecule has 2 rings (SSSR count). The number of hydrogen-bond donors (Lipinski definition) is 3. The molecule has 7 nitrogen and oxygen atoms in total. The van der Waals surface area contributed by atoms with E-state index >= 15 is 0 Å². The number of esters is 1. The number of aliphatic hydroxyl groups is 1. The van der Waals surface area contributed by atoms with Crippen LogP contribution in [0.4, 0.5) is 0 Å². The van der Waals surface area contributed by atoms with Crippen LogP contribution < -0.4 is 5.32 Å². The average molecular weight is 504 g/mol. The molecule has 192 valence electrons. The average Bonchev–Trinajstić information content (AvgIpc) is 2.79. The first-order valence-electron chi connectivity index (χ1n) is 12.0. The quantitative estimate of drug-likeness (QED) is 0.305. The molecule has 2 aromatic rings. The predicted octanol–water partition coefficient (Wildman–Crippen LogP) is 4.62. The van der Waals surface area contributed by atoms with Crippen LogP contribution in [0.25, 0.3) is 0 Å². The van der Waals surface area contributed by atoms with Gasteiger partial charge in [0.25, 0.3) is 5.91 Å². The van der Waals surface area contributed by atoms with Gasteiger partial charge in [0.05, 0.1) is 20.6 Å². The van der Waals surface area contributed by atoms with Gasteiger partial charge < -0.3 is 24.8 Å². The van der Waals surface area contributed by atoms with Crippen molar-refractivity contribution in [1.29, 1.82) is 0 Å². The number of carbonyl (C=O) groups is 2. The molecule has 0 aliphatic carbocycles. The highest BCUT2D eigenvalue weighted by Gasteiger charge is 2.26. The van der Waals surface area contributed by atoms with Crippen LogP contribution in [0.5, 0.6) is 5.75 Å². The van der Waals surface area contributed by atoms with Gasteiger partial charge in [-0.3, -0.25) is 4.79 Å². The van der Waals surface area contributed by atoms with Crippen LogP contribution in [-0.4, -0.2) is 34.7 Å². The summed E-state index contributed by atoms with van der Waals surface area (Å²) in [4.78, 5) is 25.5. The van der Waals surface area contributed by atoms with Crippen molar-refractivity contribution in [3.8, 4) is 5.75 Å². The van der Waals surface area contributed by atoms with Crippen molar-refractivity contribution in [3.05, 3.63) is 63.7 Å². The summed E-state index contributed by atoms with van der Waals surface area (Å²) in [6, 6.07) is 7.71. The van der Waals surface area contributed by atoms with Gasteiger partial charge in [0.15, 0.2) is 0 Å². The molecule has 0 saturated heterocycles. The highest BCUT2D eigenvalue weighted by Crippen LogP contribution is 2.34. The number of phenols is 1. The van der Waals surface area contributed by atoms with Crippen molar-refractivity contribution in [1.82, 2.24) is 5.32 Å². The van der Waals surface area contributed by atoms with Crippen LogP contribution in [0.2, 0.25) is 0 Å². The Balaban J connectivity index is 2.30. The smallest absolute Gasteiger partial charge is 0.328 e. The van der Waals surface area contributed by atoms with Gasteiger partial charge in [0.1, 0.15) is 17.1 Å². The van der Waals surface area contributed by atoms with E-state index in [9.17, 15) is 24.4 Å². The maximum Gasteiger partial charge on any atom is 0.328 e. The predicted molar refractivity (Wildman–Crippen MR) is 139 cm³/mol. The molecule has 0 spiro atoms. The first-order chi connectivity index (χ1) is 16.4. The normalized spacial score (nSPS) is 14.2. The topological polar surface area (TPSA) is 113 Å². The summed E-state index contributed by atoms with van der Waals surface area (Å²) < 4.78 is 16.7. The van der Waals surface area contributed by atoms with Gasteiger partial charge in [0, 0.05) is 0 Å². The number of benzene rings is 2. The van der Waals surface area contributed by atoms with Gasteiger partial charge in [-0.15, -0.1) is 0 Å². The van der Waals surface area contributed by atoms with Crippen LogP contribution >= 0.6 is 8.46 Å². The van der Waals surface area contributed by atoms with Crippen LogP contribution in [-0.2, 0) is 25.9 Å². The van der Waals surface area contributed by atoms with E-state index in [0.29, 0.717) is 24.8 Å². The van der Waals surface area contributed by atoms with Crippen molar-refractivity contribution in [2.45, 2.75) is 72.2 Å². The minimum Gasteiger partial charge on any atom is -0.507 e. The van der Waals surface area contributed by atoms with E-state index in [2.05, 4.69) is 5.32 Å². The number of amides is 1. The summed E-state index contributed by atoms with van der Waals surface area (Å²) >= 11 is 0. The lowest BCUT2D eigenvalue weighted by Crippen LogP contribution is -2.42. The third kappa shape index (κ3) is 7.68. The molecule has 0 aliphatic rings. The van der Waals surface area contributed by atoms with E-state index in [1.165, 1.54) is 6.07 Å². The zero-order chi connectivity index (χ0) is 26.3.